The number of pyridine rings is 1. The third kappa shape index (κ3) is 1.44. The van der Waals surface area contributed by atoms with E-state index in [1.165, 1.54) is 0 Å². The molecule has 0 saturated carbocycles. The Kier molecular flexibility index (Phi) is 1.86. The first-order valence-corrected chi connectivity index (χ1v) is 3.22. The van der Waals surface area contributed by atoms with Gasteiger partial charge < -0.3 is 0 Å². The second kappa shape index (κ2) is 2.65. The van der Waals surface area contributed by atoms with Crippen molar-refractivity contribution in [3.05, 3.63) is 35.7 Å². The molecule has 0 fully saturated rings. The van der Waals surface area contributed by atoms with E-state index in [4.69, 9.17) is 6.58 Å². The van der Waals surface area contributed by atoms with E-state index < -0.39 is 0 Å². The predicted octanol–water partition coefficient (Wildman–Crippen LogP) is 2.14. The minimum atomic E-state index is 1.01. The van der Waals surface area contributed by atoms with Crippen LogP contribution < -0.4 is 0 Å². The summed E-state index contributed by atoms with van der Waals surface area (Å²) in [5, 5.41) is 0. The molecular formula is C9H10N. The first kappa shape index (κ1) is 7.00. The zero-order valence-electron chi connectivity index (χ0n) is 6.26. The molecule has 1 heterocycles. The van der Waals surface area contributed by atoms with Gasteiger partial charge in [-0.25, -0.2) is 0 Å². The van der Waals surface area contributed by atoms with E-state index in [0.717, 1.165) is 17.0 Å². The highest BCUT2D eigenvalue weighted by Crippen LogP contribution is 2.04. The number of aryl methyl sites for hydroxylation is 2. The number of nitrogens with zero attached hydrogens (tertiary/aromatic N) is 1. The van der Waals surface area contributed by atoms with E-state index in [1.54, 1.807) is 6.08 Å². The van der Waals surface area contributed by atoms with Gasteiger partial charge in [-0.1, -0.05) is 12.7 Å². The molecule has 0 amide bonds. The highest BCUT2D eigenvalue weighted by Gasteiger charge is 1.90. The third-order valence-electron chi connectivity index (χ3n) is 1.30. The van der Waals surface area contributed by atoms with Crippen molar-refractivity contribution in [3.63, 3.8) is 0 Å². The minimum absolute atomic E-state index is 1.01. The van der Waals surface area contributed by atoms with E-state index in [9.17, 15) is 0 Å². The first-order valence-electron chi connectivity index (χ1n) is 3.22. The van der Waals surface area contributed by atoms with Crippen LogP contribution in [0.25, 0.3) is 6.08 Å². The molecule has 1 aromatic heterocycles. The van der Waals surface area contributed by atoms with Crippen molar-refractivity contribution in [1.29, 1.82) is 0 Å². The minimum Gasteiger partial charge on any atom is -0.258 e. The molecule has 0 saturated heterocycles. The van der Waals surface area contributed by atoms with Gasteiger partial charge in [-0.05, 0) is 31.5 Å². The zero-order valence-corrected chi connectivity index (χ0v) is 6.26. The van der Waals surface area contributed by atoms with Crippen LogP contribution in [0, 0.1) is 20.4 Å². The lowest BCUT2D eigenvalue weighted by atomic mass is 10.2. The SMILES string of the molecule is [CH]=Cc1cc(C)nc(C)c1. The molecule has 1 rings (SSSR count). The van der Waals surface area contributed by atoms with Crippen LogP contribution in [0.15, 0.2) is 12.1 Å². The molecular weight excluding hydrogens is 122 g/mol. The summed E-state index contributed by atoms with van der Waals surface area (Å²) in [5.74, 6) is 0. The molecule has 10 heavy (non-hydrogen) atoms. The van der Waals surface area contributed by atoms with Crippen molar-refractivity contribution in [2.24, 2.45) is 0 Å². The lowest BCUT2D eigenvalue weighted by Gasteiger charge is -1.97. The number of rotatable bonds is 1. The average molecular weight is 132 g/mol. The molecule has 0 aliphatic rings. The first-order chi connectivity index (χ1) is 4.72. The zero-order chi connectivity index (χ0) is 7.56. The molecule has 0 atom stereocenters. The number of hydrogen-bond donors (Lipinski definition) is 0. The molecule has 0 aromatic carbocycles. The molecule has 0 aliphatic heterocycles. The maximum absolute atomic E-state index is 5.33. The van der Waals surface area contributed by atoms with Crippen molar-refractivity contribution in [2.75, 3.05) is 0 Å². The maximum atomic E-state index is 5.33. The molecule has 1 aromatic rings. The average Bonchev–Trinajstić information content (AvgIpc) is 1.85. The van der Waals surface area contributed by atoms with E-state index in [-0.39, 0.29) is 0 Å². The van der Waals surface area contributed by atoms with Gasteiger partial charge in [0.15, 0.2) is 0 Å². The predicted molar refractivity (Wildman–Crippen MR) is 42.5 cm³/mol. The van der Waals surface area contributed by atoms with E-state index in [1.807, 2.05) is 26.0 Å². The molecule has 0 N–H and O–H groups in total. The highest BCUT2D eigenvalue weighted by molar-refractivity contribution is 5.46. The molecule has 0 aliphatic carbocycles. The number of hydrogen-bond acceptors (Lipinski definition) is 1. The molecule has 1 nitrogen and oxygen atoms in total. The normalized spacial score (nSPS) is 9.40. The molecule has 0 spiro atoms. The van der Waals surface area contributed by atoms with Crippen LogP contribution in [0.5, 0.6) is 0 Å². The Labute approximate surface area is 61.4 Å². The van der Waals surface area contributed by atoms with Crippen LogP contribution in [-0.2, 0) is 0 Å². The Bertz CT molecular complexity index is 231. The van der Waals surface area contributed by atoms with Crippen LogP contribution in [0.4, 0.5) is 0 Å². The monoisotopic (exact) mass is 132 g/mol. The third-order valence-corrected chi connectivity index (χ3v) is 1.30. The Morgan fingerprint density at radius 2 is 1.80 bits per heavy atom. The fourth-order valence-corrected chi connectivity index (χ4v) is 0.963. The summed E-state index contributed by atoms with van der Waals surface area (Å²) < 4.78 is 0. The second-order valence-electron chi connectivity index (χ2n) is 2.35. The van der Waals surface area contributed by atoms with Gasteiger partial charge in [-0.2, -0.15) is 0 Å². The van der Waals surface area contributed by atoms with Crippen LogP contribution in [0.2, 0.25) is 0 Å². The van der Waals surface area contributed by atoms with E-state index in [2.05, 4.69) is 4.98 Å². The van der Waals surface area contributed by atoms with E-state index >= 15 is 0 Å². The topological polar surface area (TPSA) is 12.9 Å². The summed E-state index contributed by atoms with van der Waals surface area (Å²) in [6.45, 7) is 9.25. The molecule has 1 radical (unpaired) electrons. The van der Waals surface area contributed by atoms with Gasteiger partial charge in [0.05, 0.1) is 0 Å². The van der Waals surface area contributed by atoms with E-state index in [0.29, 0.717) is 0 Å². The lowest BCUT2D eigenvalue weighted by molar-refractivity contribution is 1.12. The molecule has 51 valence electrons. The van der Waals surface area contributed by atoms with Crippen LogP contribution in [0.3, 0.4) is 0 Å². The summed E-state index contributed by atoms with van der Waals surface area (Å²) in [4.78, 5) is 4.21. The van der Waals surface area contributed by atoms with Gasteiger partial charge in [0.1, 0.15) is 0 Å². The van der Waals surface area contributed by atoms with Crippen molar-refractivity contribution in [2.45, 2.75) is 13.8 Å². The van der Waals surface area contributed by atoms with Gasteiger partial charge in [0.2, 0.25) is 0 Å². The number of aromatic nitrogens is 1. The molecule has 1 heteroatoms. The smallest absolute Gasteiger partial charge is 0.0381 e. The highest BCUT2D eigenvalue weighted by atomic mass is 14.7. The molecule has 0 bridgehead atoms. The van der Waals surface area contributed by atoms with Crippen molar-refractivity contribution >= 4 is 6.08 Å². The summed E-state index contributed by atoms with van der Waals surface area (Å²) >= 11 is 0. The van der Waals surface area contributed by atoms with Crippen LogP contribution >= 0.6 is 0 Å². The summed E-state index contributed by atoms with van der Waals surface area (Å²) in [6, 6.07) is 3.90. The van der Waals surface area contributed by atoms with Gasteiger partial charge in [-0.3, -0.25) is 4.98 Å². The van der Waals surface area contributed by atoms with Crippen molar-refractivity contribution < 1.29 is 0 Å². The quantitative estimate of drug-likeness (QED) is 0.570. The van der Waals surface area contributed by atoms with Crippen molar-refractivity contribution in [1.82, 2.24) is 4.98 Å². The second-order valence-corrected chi connectivity index (χ2v) is 2.35. The van der Waals surface area contributed by atoms with Gasteiger partial charge in [-0.15, -0.1) is 0 Å². The van der Waals surface area contributed by atoms with Crippen LogP contribution in [-0.4, -0.2) is 4.98 Å². The summed E-state index contributed by atoms with van der Waals surface area (Å²) in [6.07, 6.45) is 1.58. The maximum Gasteiger partial charge on any atom is 0.0381 e. The largest absolute Gasteiger partial charge is 0.258 e. The fraction of sp³-hybridized carbons (Fsp3) is 0.222. The summed E-state index contributed by atoms with van der Waals surface area (Å²) in [7, 11) is 0. The Hall–Kier alpha value is -1.11. The Morgan fingerprint density at radius 1 is 1.30 bits per heavy atom. The van der Waals surface area contributed by atoms with Crippen LogP contribution in [0.1, 0.15) is 17.0 Å². The van der Waals surface area contributed by atoms with Gasteiger partial charge in [0.25, 0.3) is 0 Å². The fourth-order valence-electron chi connectivity index (χ4n) is 0.963. The Balaban J connectivity index is 3.18. The molecule has 0 unspecified atom stereocenters. The van der Waals surface area contributed by atoms with Gasteiger partial charge in [0, 0.05) is 11.4 Å². The lowest BCUT2D eigenvalue weighted by Crippen LogP contribution is -1.85. The van der Waals surface area contributed by atoms with Gasteiger partial charge >= 0.3 is 0 Å². The Morgan fingerprint density at radius 3 is 2.20 bits per heavy atom. The standard InChI is InChI=1S/C9H10N/c1-4-9-5-7(2)10-8(3)6-9/h1,4-6H,2-3H3. The summed E-state index contributed by atoms with van der Waals surface area (Å²) in [5.41, 5.74) is 3.05. The van der Waals surface area contributed by atoms with Crippen molar-refractivity contribution in [3.8, 4) is 0 Å².